The second kappa shape index (κ2) is 5.83. The fraction of sp³-hybridized carbons (Fsp3) is 0.333. The fourth-order valence-corrected chi connectivity index (χ4v) is 1.45. The molecule has 1 amide bonds. The summed E-state index contributed by atoms with van der Waals surface area (Å²) >= 11 is 7.03. The van der Waals surface area contributed by atoms with Crippen molar-refractivity contribution in [1.29, 1.82) is 0 Å². The third kappa shape index (κ3) is 3.57. The van der Waals surface area contributed by atoms with Crippen molar-refractivity contribution in [1.82, 2.24) is 15.3 Å². The van der Waals surface area contributed by atoms with Crippen LogP contribution in [-0.2, 0) is 4.79 Å². The lowest BCUT2D eigenvalue weighted by Gasteiger charge is -2.09. The maximum atomic E-state index is 11.7. The number of aromatic nitrogens is 2. The molecule has 1 heterocycles. The molecule has 0 aliphatic rings. The molecule has 1 atom stereocenters. The first-order valence-corrected chi connectivity index (χ1v) is 6.16. The third-order valence-corrected chi connectivity index (χ3v) is 2.68. The van der Waals surface area contributed by atoms with Crippen molar-refractivity contribution in [3.05, 3.63) is 16.9 Å². The molecular weight excluding hydrogens is 266 g/mol. The van der Waals surface area contributed by atoms with Gasteiger partial charge in [0.1, 0.15) is 6.04 Å². The number of aliphatic carboxylic acids is 1. The summed E-state index contributed by atoms with van der Waals surface area (Å²) in [5.74, 6) is -1.77. The number of halogens is 1. The number of carbonyl (C=O) groups is 2. The van der Waals surface area contributed by atoms with Crippen LogP contribution in [0.5, 0.6) is 0 Å². The Morgan fingerprint density at radius 1 is 1.59 bits per heavy atom. The first-order valence-electron chi connectivity index (χ1n) is 4.56. The normalized spacial score (nSPS) is 11.9. The lowest BCUT2D eigenvalue weighted by molar-refractivity contribution is -0.138. The van der Waals surface area contributed by atoms with Gasteiger partial charge in [0.05, 0.1) is 11.2 Å². The van der Waals surface area contributed by atoms with Crippen LogP contribution < -0.4 is 5.32 Å². The molecule has 8 heteroatoms. The lowest BCUT2D eigenvalue weighted by atomic mass is 10.3. The van der Waals surface area contributed by atoms with Crippen molar-refractivity contribution in [2.45, 2.75) is 18.1 Å². The maximum absolute atomic E-state index is 11.7. The Labute approximate surface area is 107 Å². The summed E-state index contributed by atoms with van der Waals surface area (Å²) in [5, 5.41) is 11.4. The molecule has 1 unspecified atom stereocenters. The molecule has 1 rings (SSSR count). The molecular formula is C9H10ClN3O3S. The van der Waals surface area contributed by atoms with E-state index in [1.165, 1.54) is 24.9 Å². The minimum atomic E-state index is -1.13. The lowest BCUT2D eigenvalue weighted by Crippen LogP contribution is -2.38. The minimum Gasteiger partial charge on any atom is -0.480 e. The highest BCUT2D eigenvalue weighted by atomic mass is 35.5. The van der Waals surface area contributed by atoms with Gasteiger partial charge in [0.2, 0.25) is 0 Å². The number of amides is 1. The first kappa shape index (κ1) is 13.7. The molecule has 92 valence electrons. The quantitative estimate of drug-likeness (QED) is 0.630. The van der Waals surface area contributed by atoms with E-state index in [0.29, 0.717) is 5.16 Å². The maximum Gasteiger partial charge on any atom is 0.325 e. The summed E-state index contributed by atoms with van der Waals surface area (Å²) < 4.78 is 0. The van der Waals surface area contributed by atoms with E-state index in [9.17, 15) is 9.59 Å². The van der Waals surface area contributed by atoms with Crippen LogP contribution in [0, 0.1) is 0 Å². The third-order valence-electron chi connectivity index (χ3n) is 1.84. The van der Waals surface area contributed by atoms with Gasteiger partial charge in [-0.2, -0.15) is 0 Å². The van der Waals surface area contributed by atoms with E-state index in [1.54, 1.807) is 6.26 Å². The molecule has 0 saturated carbocycles. The number of rotatable bonds is 4. The van der Waals surface area contributed by atoms with Crippen LogP contribution in [-0.4, -0.2) is 39.2 Å². The van der Waals surface area contributed by atoms with Crippen molar-refractivity contribution in [2.75, 3.05) is 6.26 Å². The predicted octanol–water partition coefficient (Wildman–Crippen LogP) is 1.05. The van der Waals surface area contributed by atoms with E-state index in [1.807, 2.05) is 0 Å². The average Bonchev–Trinajstić information content (AvgIpc) is 2.29. The highest BCUT2D eigenvalue weighted by Crippen LogP contribution is 2.16. The van der Waals surface area contributed by atoms with Gasteiger partial charge in [-0.05, 0) is 13.2 Å². The van der Waals surface area contributed by atoms with E-state index < -0.39 is 17.9 Å². The van der Waals surface area contributed by atoms with Gasteiger partial charge in [0.25, 0.3) is 5.91 Å². The molecule has 2 N–H and O–H groups in total. The molecule has 1 aromatic heterocycles. The monoisotopic (exact) mass is 275 g/mol. The van der Waals surface area contributed by atoms with Crippen molar-refractivity contribution < 1.29 is 14.7 Å². The highest BCUT2D eigenvalue weighted by molar-refractivity contribution is 7.98. The topological polar surface area (TPSA) is 92.2 Å². The number of hydrogen-bond donors (Lipinski definition) is 2. The zero-order valence-electron chi connectivity index (χ0n) is 9.10. The number of carbonyl (C=O) groups excluding carboxylic acids is 1. The van der Waals surface area contributed by atoms with Crippen molar-refractivity contribution in [2.24, 2.45) is 0 Å². The van der Waals surface area contributed by atoms with Crippen LogP contribution in [0.25, 0.3) is 0 Å². The Kier molecular flexibility index (Phi) is 4.71. The Balaban J connectivity index is 2.91. The SMILES string of the molecule is CSc1ncc(Cl)c(C(=O)NC(C)C(=O)O)n1. The van der Waals surface area contributed by atoms with Gasteiger partial charge < -0.3 is 10.4 Å². The van der Waals surface area contributed by atoms with Crippen LogP contribution in [0.2, 0.25) is 5.02 Å². The average molecular weight is 276 g/mol. The fourth-order valence-electron chi connectivity index (χ4n) is 0.935. The molecule has 0 aliphatic heterocycles. The van der Waals surface area contributed by atoms with Gasteiger partial charge in [0, 0.05) is 0 Å². The summed E-state index contributed by atoms with van der Waals surface area (Å²) in [7, 11) is 0. The molecule has 0 radical (unpaired) electrons. The van der Waals surface area contributed by atoms with Gasteiger partial charge >= 0.3 is 5.97 Å². The molecule has 17 heavy (non-hydrogen) atoms. The van der Waals surface area contributed by atoms with Crippen molar-refractivity contribution in [3.63, 3.8) is 0 Å². The molecule has 6 nitrogen and oxygen atoms in total. The first-order chi connectivity index (χ1) is 7.95. The summed E-state index contributed by atoms with van der Waals surface area (Å²) in [5.41, 5.74) is -0.0286. The predicted molar refractivity (Wildman–Crippen MR) is 63.4 cm³/mol. The minimum absolute atomic E-state index is 0.0286. The number of thioether (sulfide) groups is 1. The second-order valence-electron chi connectivity index (χ2n) is 3.09. The van der Waals surface area contributed by atoms with Crippen LogP contribution in [0.1, 0.15) is 17.4 Å². The van der Waals surface area contributed by atoms with E-state index in [4.69, 9.17) is 16.7 Å². The summed E-state index contributed by atoms with van der Waals surface area (Å²) in [6.45, 7) is 1.35. The Morgan fingerprint density at radius 3 is 2.76 bits per heavy atom. The molecule has 1 aromatic rings. The number of nitrogens with one attached hydrogen (secondary N) is 1. The Morgan fingerprint density at radius 2 is 2.24 bits per heavy atom. The number of carboxylic acids is 1. The van der Waals surface area contributed by atoms with Crippen LogP contribution >= 0.6 is 23.4 Å². The Hall–Kier alpha value is -1.34. The molecule has 0 aliphatic carbocycles. The molecule has 0 fully saturated rings. The van der Waals surface area contributed by atoms with Gasteiger partial charge in [-0.3, -0.25) is 9.59 Å². The van der Waals surface area contributed by atoms with Crippen LogP contribution in [0.4, 0.5) is 0 Å². The van der Waals surface area contributed by atoms with Gasteiger partial charge in [-0.15, -0.1) is 0 Å². The Bertz CT molecular complexity index is 455. The van der Waals surface area contributed by atoms with Gasteiger partial charge in [0.15, 0.2) is 10.9 Å². The van der Waals surface area contributed by atoms with Crippen molar-refractivity contribution >= 4 is 35.2 Å². The summed E-state index contributed by atoms with van der Waals surface area (Å²) in [6.07, 6.45) is 3.06. The highest BCUT2D eigenvalue weighted by Gasteiger charge is 2.19. The van der Waals surface area contributed by atoms with Gasteiger partial charge in [-0.1, -0.05) is 23.4 Å². The van der Waals surface area contributed by atoms with E-state index in [-0.39, 0.29) is 10.7 Å². The summed E-state index contributed by atoms with van der Waals surface area (Å²) in [6, 6.07) is -1.01. The molecule has 0 spiro atoms. The number of carboxylic acid groups (broad SMARTS) is 1. The molecule has 0 aromatic carbocycles. The van der Waals surface area contributed by atoms with Crippen LogP contribution in [0.3, 0.4) is 0 Å². The second-order valence-corrected chi connectivity index (χ2v) is 4.27. The zero-order valence-corrected chi connectivity index (χ0v) is 10.7. The van der Waals surface area contributed by atoms with E-state index in [2.05, 4.69) is 15.3 Å². The van der Waals surface area contributed by atoms with Crippen molar-refractivity contribution in [3.8, 4) is 0 Å². The largest absolute Gasteiger partial charge is 0.480 e. The van der Waals surface area contributed by atoms with Gasteiger partial charge in [-0.25, -0.2) is 9.97 Å². The van der Waals surface area contributed by atoms with E-state index >= 15 is 0 Å². The van der Waals surface area contributed by atoms with Crippen LogP contribution in [0.15, 0.2) is 11.4 Å². The van der Waals surface area contributed by atoms with E-state index in [0.717, 1.165) is 0 Å². The standard InChI is InChI=1S/C9H10ClN3O3S/c1-4(8(15)16)12-7(14)6-5(10)3-11-9(13-6)17-2/h3-4H,1-2H3,(H,12,14)(H,15,16). The molecule has 0 saturated heterocycles. The molecule has 0 bridgehead atoms. The smallest absolute Gasteiger partial charge is 0.325 e. The number of hydrogen-bond acceptors (Lipinski definition) is 5. The number of nitrogens with zero attached hydrogens (tertiary/aromatic N) is 2. The zero-order chi connectivity index (χ0) is 13.0. The summed E-state index contributed by atoms with van der Waals surface area (Å²) in [4.78, 5) is 30.1.